The molecule has 4 aromatic rings. The molecular weight excluding hydrogens is 302 g/mol. The molecule has 0 fully saturated rings. The smallest absolute Gasteiger partial charge is 0.255 e. The number of carbonyl (C=O) groups is 1. The lowest BCUT2D eigenvalue weighted by molar-refractivity contribution is 0.102. The Labute approximate surface area is 137 Å². The van der Waals surface area contributed by atoms with Crippen molar-refractivity contribution < 1.29 is 4.79 Å². The van der Waals surface area contributed by atoms with Crippen molar-refractivity contribution in [2.75, 3.05) is 5.32 Å². The van der Waals surface area contributed by atoms with E-state index in [-0.39, 0.29) is 11.5 Å². The maximum atomic E-state index is 12.5. The average molecular weight is 317 g/mol. The number of pyridine rings is 1. The van der Waals surface area contributed by atoms with Crippen molar-refractivity contribution in [3.05, 3.63) is 76.2 Å². The Kier molecular flexibility index (Phi) is 3.20. The highest BCUT2D eigenvalue weighted by molar-refractivity contribution is 6.06. The van der Waals surface area contributed by atoms with Gasteiger partial charge < -0.3 is 15.3 Å². The zero-order valence-corrected chi connectivity index (χ0v) is 13.0. The number of H-pyrrole nitrogens is 2. The number of hydrogen-bond acceptors (Lipinski definition) is 2. The Morgan fingerprint density at radius 3 is 2.75 bits per heavy atom. The number of fused-ring (bicyclic) bond motifs is 2. The van der Waals surface area contributed by atoms with Gasteiger partial charge in [0.15, 0.2) is 0 Å². The van der Waals surface area contributed by atoms with Crippen molar-refractivity contribution in [1.29, 1.82) is 0 Å². The van der Waals surface area contributed by atoms with Crippen LogP contribution in [0.1, 0.15) is 15.9 Å². The van der Waals surface area contributed by atoms with Gasteiger partial charge in [-0.05, 0) is 48.9 Å². The Morgan fingerprint density at radius 1 is 1.00 bits per heavy atom. The molecular formula is C19H15N3O2. The number of benzene rings is 2. The van der Waals surface area contributed by atoms with Gasteiger partial charge in [-0.25, -0.2) is 0 Å². The fourth-order valence-corrected chi connectivity index (χ4v) is 2.91. The van der Waals surface area contributed by atoms with Gasteiger partial charge in [0, 0.05) is 39.8 Å². The normalized spacial score (nSPS) is 11.0. The second-order valence-electron chi connectivity index (χ2n) is 5.81. The van der Waals surface area contributed by atoms with Gasteiger partial charge in [0.2, 0.25) is 5.56 Å². The predicted octanol–water partition coefficient (Wildman–Crippen LogP) is 3.57. The van der Waals surface area contributed by atoms with Crippen LogP contribution in [0.25, 0.3) is 21.8 Å². The number of rotatable bonds is 2. The number of aromatic amines is 2. The molecule has 0 bridgehead atoms. The van der Waals surface area contributed by atoms with Crippen molar-refractivity contribution >= 4 is 33.4 Å². The van der Waals surface area contributed by atoms with Crippen molar-refractivity contribution in [3.8, 4) is 0 Å². The van der Waals surface area contributed by atoms with Crippen molar-refractivity contribution in [2.24, 2.45) is 0 Å². The third kappa shape index (κ3) is 2.46. The minimum Gasteiger partial charge on any atom is -0.361 e. The van der Waals surface area contributed by atoms with Crippen LogP contribution in [-0.2, 0) is 0 Å². The van der Waals surface area contributed by atoms with Crippen molar-refractivity contribution in [2.45, 2.75) is 6.92 Å². The van der Waals surface area contributed by atoms with Gasteiger partial charge in [-0.3, -0.25) is 9.59 Å². The minimum absolute atomic E-state index is 0.151. The summed E-state index contributed by atoms with van der Waals surface area (Å²) in [4.78, 5) is 30.0. The molecule has 0 saturated carbocycles. The highest BCUT2D eigenvalue weighted by atomic mass is 16.1. The first-order valence-electron chi connectivity index (χ1n) is 7.62. The van der Waals surface area contributed by atoms with Gasteiger partial charge in [0.05, 0.1) is 5.52 Å². The van der Waals surface area contributed by atoms with E-state index in [4.69, 9.17) is 0 Å². The fraction of sp³-hybridized carbons (Fsp3) is 0.0526. The molecule has 3 N–H and O–H groups in total. The van der Waals surface area contributed by atoms with Crippen LogP contribution in [-0.4, -0.2) is 15.9 Å². The SMILES string of the molecule is Cc1cc(=O)[nH]c2cc(NC(=O)c3ccc4[nH]ccc4c3)ccc12. The maximum absolute atomic E-state index is 12.5. The van der Waals surface area contributed by atoms with Crippen molar-refractivity contribution in [3.63, 3.8) is 0 Å². The number of anilines is 1. The molecule has 2 heterocycles. The lowest BCUT2D eigenvalue weighted by Crippen LogP contribution is -2.12. The van der Waals surface area contributed by atoms with E-state index in [9.17, 15) is 9.59 Å². The number of hydrogen-bond donors (Lipinski definition) is 3. The molecule has 0 aliphatic rings. The molecule has 0 saturated heterocycles. The molecule has 0 atom stereocenters. The van der Waals surface area contributed by atoms with E-state index < -0.39 is 0 Å². The van der Waals surface area contributed by atoms with E-state index in [1.807, 2.05) is 43.5 Å². The average Bonchev–Trinajstić information content (AvgIpc) is 3.01. The van der Waals surface area contributed by atoms with Crippen LogP contribution in [0.15, 0.2) is 59.5 Å². The van der Waals surface area contributed by atoms with Crippen LogP contribution in [0.3, 0.4) is 0 Å². The molecule has 2 aromatic carbocycles. The van der Waals surface area contributed by atoms with Crippen LogP contribution in [0.4, 0.5) is 5.69 Å². The molecule has 5 heteroatoms. The zero-order chi connectivity index (χ0) is 16.7. The van der Waals surface area contributed by atoms with Crippen LogP contribution < -0.4 is 10.9 Å². The number of aromatic nitrogens is 2. The number of nitrogens with one attached hydrogen (secondary N) is 3. The summed E-state index contributed by atoms with van der Waals surface area (Å²) in [5, 5.41) is 4.82. The van der Waals surface area contributed by atoms with E-state index >= 15 is 0 Å². The number of aryl methyl sites for hydroxylation is 1. The number of amides is 1. The molecule has 0 aliphatic carbocycles. The van der Waals surface area contributed by atoms with E-state index in [1.165, 1.54) is 0 Å². The molecule has 0 unspecified atom stereocenters. The monoisotopic (exact) mass is 317 g/mol. The zero-order valence-electron chi connectivity index (χ0n) is 13.0. The van der Waals surface area contributed by atoms with Gasteiger partial charge in [-0.2, -0.15) is 0 Å². The Morgan fingerprint density at radius 2 is 1.88 bits per heavy atom. The summed E-state index contributed by atoms with van der Waals surface area (Å²) in [6, 6.07) is 14.5. The molecule has 2 aromatic heterocycles. The lowest BCUT2D eigenvalue weighted by atomic mass is 10.1. The topological polar surface area (TPSA) is 77.8 Å². The van der Waals surface area contributed by atoms with Gasteiger partial charge in [0.25, 0.3) is 5.91 Å². The molecule has 4 rings (SSSR count). The van der Waals surface area contributed by atoms with E-state index in [2.05, 4.69) is 15.3 Å². The highest BCUT2D eigenvalue weighted by Crippen LogP contribution is 2.20. The predicted molar refractivity (Wildman–Crippen MR) is 95.6 cm³/mol. The summed E-state index contributed by atoms with van der Waals surface area (Å²) < 4.78 is 0. The van der Waals surface area contributed by atoms with E-state index in [0.717, 1.165) is 21.9 Å². The Hall–Kier alpha value is -3.34. The summed E-state index contributed by atoms with van der Waals surface area (Å²) in [6.45, 7) is 1.89. The second kappa shape index (κ2) is 5.38. The quantitative estimate of drug-likeness (QED) is 0.528. The van der Waals surface area contributed by atoms with Crippen LogP contribution >= 0.6 is 0 Å². The van der Waals surface area contributed by atoms with Gasteiger partial charge >= 0.3 is 0 Å². The van der Waals surface area contributed by atoms with Crippen LogP contribution in [0.2, 0.25) is 0 Å². The van der Waals surface area contributed by atoms with E-state index in [0.29, 0.717) is 16.8 Å². The van der Waals surface area contributed by atoms with Crippen LogP contribution in [0.5, 0.6) is 0 Å². The first-order valence-corrected chi connectivity index (χ1v) is 7.62. The molecule has 0 radical (unpaired) electrons. The molecule has 5 nitrogen and oxygen atoms in total. The Balaban J connectivity index is 1.67. The van der Waals surface area contributed by atoms with Gasteiger partial charge in [0.1, 0.15) is 0 Å². The molecule has 24 heavy (non-hydrogen) atoms. The maximum Gasteiger partial charge on any atom is 0.255 e. The van der Waals surface area contributed by atoms with Crippen LogP contribution in [0, 0.1) is 6.92 Å². The Bertz CT molecular complexity index is 1140. The lowest BCUT2D eigenvalue weighted by Gasteiger charge is -2.08. The first kappa shape index (κ1) is 14.3. The highest BCUT2D eigenvalue weighted by Gasteiger charge is 2.08. The van der Waals surface area contributed by atoms with Gasteiger partial charge in [-0.1, -0.05) is 6.07 Å². The summed E-state index contributed by atoms with van der Waals surface area (Å²) >= 11 is 0. The van der Waals surface area contributed by atoms with Gasteiger partial charge in [-0.15, -0.1) is 0 Å². The largest absolute Gasteiger partial charge is 0.361 e. The number of carbonyl (C=O) groups excluding carboxylic acids is 1. The summed E-state index contributed by atoms with van der Waals surface area (Å²) in [5.41, 5.74) is 3.68. The third-order valence-corrected chi connectivity index (χ3v) is 4.12. The minimum atomic E-state index is -0.188. The summed E-state index contributed by atoms with van der Waals surface area (Å²) in [7, 11) is 0. The molecule has 1 amide bonds. The summed E-state index contributed by atoms with van der Waals surface area (Å²) in [5.74, 6) is -0.188. The molecule has 118 valence electrons. The molecule has 0 aliphatic heterocycles. The standard InChI is InChI=1S/C19H15N3O2/c1-11-8-18(23)22-17-10-14(3-4-15(11)17)21-19(24)13-2-5-16-12(9-13)6-7-20-16/h2-10,20H,1H3,(H,21,24)(H,22,23). The molecule has 0 spiro atoms. The fourth-order valence-electron chi connectivity index (χ4n) is 2.91. The van der Waals surface area contributed by atoms with E-state index in [1.54, 1.807) is 18.2 Å². The first-order chi connectivity index (χ1) is 11.6. The third-order valence-electron chi connectivity index (χ3n) is 4.12. The summed E-state index contributed by atoms with van der Waals surface area (Å²) in [6.07, 6.45) is 1.84. The second-order valence-corrected chi connectivity index (χ2v) is 5.81. The van der Waals surface area contributed by atoms with Crippen molar-refractivity contribution in [1.82, 2.24) is 9.97 Å².